The molecule has 2 rings (SSSR count). The van der Waals surface area contributed by atoms with E-state index < -0.39 is 0 Å². The van der Waals surface area contributed by atoms with Crippen LogP contribution >= 0.6 is 0 Å². The van der Waals surface area contributed by atoms with Crippen molar-refractivity contribution in [2.45, 2.75) is 0 Å². The SMILES string of the molecule is N#CC1=CN2CCOCC2=C(C#N)[CH]1. The quantitative estimate of drug-likeness (QED) is 0.559. The van der Waals surface area contributed by atoms with Crippen LogP contribution < -0.4 is 0 Å². The summed E-state index contributed by atoms with van der Waals surface area (Å²) in [5.41, 5.74) is 1.91. The Morgan fingerprint density at radius 3 is 2.93 bits per heavy atom. The van der Waals surface area contributed by atoms with Gasteiger partial charge in [-0.25, -0.2) is 0 Å². The molecule has 0 aromatic heterocycles. The molecular weight excluding hydrogens is 178 g/mol. The summed E-state index contributed by atoms with van der Waals surface area (Å²) < 4.78 is 5.26. The first-order valence-corrected chi connectivity index (χ1v) is 4.29. The molecule has 1 fully saturated rings. The highest BCUT2D eigenvalue weighted by Gasteiger charge is 2.23. The first-order chi connectivity index (χ1) is 6.85. The molecule has 0 aliphatic carbocycles. The van der Waals surface area contributed by atoms with Crippen LogP contribution in [0.2, 0.25) is 0 Å². The van der Waals surface area contributed by atoms with Gasteiger partial charge in [0.05, 0.1) is 42.2 Å². The molecule has 4 nitrogen and oxygen atoms in total. The van der Waals surface area contributed by atoms with E-state index in [4.69, 9.17) is 15.3 Å². The highest BCUT2D eigenvalue weighted by molar-refractivity contribution is 5.51. The second-order valence-corrected chi connectivity index (χ2v) is 3.06. The van der Waals surface area contributed by atoms with Crippen LogP contribution in [0, 0.1) is 29.1 Å². The summed E-state index contributed by atoms with van der Waals surface area (Å²) in [6.45, 7) is 1.80. The predicted molar refractivity (Wildman–Crippen MR) is 48.2 cm³/mol. The highest BCUT2D eigenvalue weighted by atomic mass is 16.5. The van der Waals surface area contributed by atoms with Crippen molar-refractivity contribution in [2.75, 3.05) is 19.8 Å². The second kappa shape index (κ2) is 3.53. The highest BCUT2D eigenvalue weighted by Crippen LogP contribution is 2.25. The lowest BCUT2D eigenvalue weighted by Crippen LogP contribution is -2.33. The fraction of sp³-hybridized carbons (Fsp3) is 0.300. The molecule has 4 heteroatoms. The topological polar surface area (TPSA) is 60.1 Å². The molecule has 0 atom stereocenters. The van der Waals surface area contributed by atoms with Gasteiger partial charge in [0.2, 0.25) is 0 Å². The third-order valence-corrected chi connectivity index (χ3v) is 2.22. The van der Waals surface area contributed by atoms with E-state index >= 15 is 0 Å². The van der Waals surface area contributed by atoms with Gasteiger partial charge in [-0.2, -0.15) is 10.5 Å². The van der Waals surface area contributed by atoms with Gasteiger partial charge < -0.3 is 9.64 Å². The lowest BCUT2D eigenvalue weighted by molar-refractivity contribution is 0.0901. The number of nitriles is 2. The van der Waals surface area contributed by atoms with Crippen molar-refractivity contribution in [1.29, 1.82) is 10.5 Å². The second-order valence-electron chi connectivity index (χ2n) is 3.06. The van der Waals surface area contributed by atoms with E-state index in [9.17, 15) is 0 Å². The number of nitrogens with zero attached hydrogens (tertiary/aromatic N) is 3. The maximum atomic E-state index is 8.89. The number of ether oxygens (including phenoxy) is 1. The average molecular weight is 186 g/mol. The number of rotatable bonds is 0. The Morgan fingerprint density at radius 1 is 1.36 bits per heavy atom. The maximum Gasteiger partial charge on any atom is 0.0973 e. The monoisotopic (exact) mass is 186 g/mol. The van der Waals surface area contributed by atoms with E-state index in [0.29, 0.717) is 30.9 Å². The van der Waals surface area contributed by atoms with E-state index in [-0.39, 0.29) is 0 Å². The van der Waals surface area contributed by atoms with Crippen molar-refractivity contribution in [3.63, 3.8) is 0 Å². The Balaban J connectivity index is 2.34. The summed E-state index contributed by atoms with van der Waals surface area (Å²) in [6.07, 6.45) is 3.36. The van der Waals surface area contributed by atoms with E-state index in [0.717, 1.165) is 5.70 Å². The molecule has 2 aliphatic rings. The van der Waals surface area contributed by atoms with Gasteiger partial charge in [-0.3, -0.25) is 0 Å². The standard InChI is InChI=1S/C10H8N3O/c11-4-8-3-9(5-12)10-7-14-2-1-13(10)6-8/h3,6H,1-2,7H2. The molecule has 1 saturated heterocycles. The Hall–Kier alpha value is -1.78. The molecule has 0 bridgehead atoms. The number of hydrogen-bond donors (Lipinski definition) is 0. The minimum absolute atomic E-state index is 0.453. The molecule has 2 heterocycles. The van der Waals surface area contributed by atoms with E-state index in [1.165, 1.54) is 0 Å². The molecule has 0 aromatic carbocycles. The molecule has 0 N–H and O–H groups in total. The smallest absolute Gasteiger partial charge is 0.0973 e. The number of morpholine rings is 1. The van der Waals surface area contributed by atoms with Crippen LogP contribution in [0.15, 0.2) is 23.0 Å². The van der Waals surface area contributed by atoms with Gasteiger partial charge >= 0.3 is 0 Å². The lowest BCUT2D eigenvalue weighted by Gasteiger charge is -2.32. The summed E-state index contributed by atoms with van der Waals surface area (Å²) in [6, 6.07) is 4.12. The van der Waals surface area contributed by atoms with E-state index in [2.05, 4.69) is 6.07 Å². The van der Waals surface area contributed by atoms with Crippen molar-refractivity contribution in [3.8, 4) is 12.1 Å². The minimum Gasteiger partial charge on any atom is -0.373 e. The summed E-state index contributed by atoms with van der Waals surface area (Å²) in [5, 5.41) is 17.6. The molecule has 14 heavy (non-hydrogen) atoms. The van der Waals surface area contributed by atoms with Gasteiger partial charge in [0, 0.05) is 19.2 Å². The molecular formula is C10H8N3O. The van der Waals surface area contributed by atoms with Gasteiger partial charge in [0.15, 0.2) is 0 Å². The predicted octanol–water partition coefficient (Wildman–Crippen LogP) is 0.722. The van der Waals surface area contributed by atoms with Crippen LogP contribution in [0.4, 0.5) is 0 Å². The van der Waals surface area contributed by atoms with Crippen molar-refractivity contribution < 1.29 is 4.74 Å². The molecule has 2 aliphatic heterocycles. The van der Waals surface area contributed by atoms with Crippen LogP contribution in [0.1, 0.15) is 0 Å². The minimum atomic E-state index is 0.453. The molecule has 0 aromatic rings. The van der Waals surface area contributed by atoms with Gasteiger partial charge in [0.1, 0.15) is 0 Å². The number of hydrogen-bond acceptors (Lipinski definition) is 4. The molecule has 69 valence electrons. The molecule has 0 amide bonds. The first kappa shape index (κ1) is 8.80. The Bertz CT molecular complexity index is 395. The van der Waals surface area contributed by atoms with Crippen molar-refractivity contribution in [2.24, 2.45) is 0 Å². The fourth-order valence-corrected chi connectivity index (χ4v) is 1.53. The molecule has 0 spiro atoms. The van der Waals surface area contributed by atoms with Crippen molar-refractivity contribution in [1.82, 2.24) is 4.90 Å². The average Bonchev–Trinajstić information content (AvgIpc) is 2.27. The third-order valence-electron chi connectivity index (χ3n) is 2.22. The number of fused-ring (bicyclic) bond motifs is 1. The number of allylic oxidation sites excluding steroid dienone is 2. The normalized spacial score (nSPS) is 20.7. The third kappa shape index (κ3) is 1.37. The summed E-state index contributed by atoms with van der Waals surface area (Å²) in [5.74, 6) is 0. The lowest BCUT2D eigenvalue weighted by atomic mass is 10.0. The summed E-state index contributed by atoms with van der Waals surface area (Å²) in [4.78, 5) is 1.92. The Morgan fingerprint density at radius 2 is 2.21 bits per heavy atom. The van der Waals surface area contributed by atoms with Crippen LogP contribution in [0.5, 0.6) is 0 Å². The summed E-state index contributed by atoms with van der Waals surface area (Å²) in [7, 11) is 0. The van der Waals surface area contributed by atoms with Gasteiger partial charge in [-0.1, -0.05) is 0 Å². The van der Waals surface area contributed by atoms with Crippen LogP contribution in [-0.2, 0) is 4.74 Å². The summed E-state index contributed by atoms with van der Waals surface area (Å²) >= 11 is 0. The molecule has 0 unspecified atom stereocenters. The zero-order valence-corrected chi connectivity index (χ0v) is 7.53. The fourth-order valence-electron chi connectivity index (χ4n) is 1.53. The zero-order chi connectivity index (χ0) is 9.97. The van der Waals surface area contributed by atoms with Gasteiger partial charge in [-0.15, -0.1) is 0 Å². The van der Waals surface area contributed by atoms with E-state index in [1.54, 1.807) is 12.6 Å². The Kier molecular flexibility index (Phi) is 2.22. The van der Waals surface area contributed by atoms with Crippen LogP contribution in [0.3, 0.4) is 0 Å². The maximum absolute atomic E-state index is 8.89. The van der Waals surface area contributed by atoms with Gasteiger partial charge in [-0.05, 0) is 0 Å². The van der Waals surface area contributed by atoms with Gasteiger partial charge in [0.25, 0.3) is 0 Å². The van der Waals surface area contributed by atoms with Crippen molar-refractivity contribution in [3.05, 3.63) is 29.5 Å². The molecule has 0 saturated carbocycles. The Labute approximate surface area is 82.3 Å². The largest absolute Gasteiger partial charge is 0.373 e. The molecule has 1 radical (unpaired) electrons. The van der Waals surface area contributed by atoms with Crippen LogP contribution in [0.25, 0.3) is 0 Å². The first-order valence-electron chi connectivity index (χ1n) is 4.29. The van der Waals surface area contributed by atoms with Crippen molar-refractivity contribution >= 4 is 0 Å². The van der Waals surface area contributed by atoms with Crippen LogP contribution in [-0.4, -0.2) is 24.7 Å². The van der Waals surface area contributed by atoms with E-state index in [1.807, 2.05) is 11.0 Å². The zero-order valence-electron chi connectivity index (χ0n) is 7.53.